The summed E-state index contributed by atoms with van der Waals surface area (Å²) in [6.07, 6.45) is 6.96. The van der Waals surface area contributed by atoms with Crippen molar-refractivity contribution in [3.8, 4) is 0 Å². The zero-order valence-corrected chi connectivity index (χ0v) is 13.4. The number of nitrogens with zero attached hydrogens (tertiary/aromatic N) is 3. The van der Waals surface area contributed by atoms with Gasteiger partial charge in [0.05, 0.1) is 4.92 Å². The van der Waals surface area contributed by atoms with Gasteiger partial charge >= 0.3 is 5.69 Å². The van der Waals surface area contributed by atoms with Crippen molar-refractivity contribution in [3.63, 3.8) is 0 Å². The molecule has 2 atom stereocenters. The summed E-state index contributed by atoms with van der Waals surface area (Å²) in [7, 11) is 0. The molecule has 0 aliphatic heterocycles. The molecule has 1 saturated carbocycles. The van der Waals surface area contributed by atoms with E-state index in [0.717, 1.165) is 19.3 Å². The van der Waals surface area contributed by atoms with Crippen molar-refractivity contribution in [2.45, 2.75) is 56.2 Å². The Hall–Kier alpha value is -1.37. The third-order valence-corrected chi connectivity index (χ3v) is 4.96. The molecule has 0 spiro atoms. The fourth-order valence-corrected chi connectivity index (χ4v) is 4.05. The molecule has 2 unspecified atom stereocenters. The number of hydrogen-bond donors (Lipinski definition) is 1. The minimum absolute atomic E-state index is 0.0224. The van der Waals surface area contributed by atoms with Crippen LogP contribution in [-0.4, -0.2) is 26.7 Å². The monoisotopic (exact) mass is 310 g/mol. The van der Waals surface area contributed by atoms with Gasteiger partial charge in [-0.25, -0.2) is 9.97 Å². The molecule has 1 aliphatic rings. The van der Waals surface area contributed by atoms with Gasteiger partial charge in [0, 0.05) is 11.8 Å². The summed E-state index contributed by atoms with van der Waals surface area (Å²) in [5.74, 6) is 1.03. The fourth-order valence-electron chi connectivity index (χ4n) is 2.63. The lowest BCUT2D eigenvalue weighted by Gasteiger charge is -2.25. The zero-order chi connectivity index (χ0) is 15.2. The number of aromatic nitrogens is 2. The van der Waals surface area contributed by atoms with Gasteiger partial charge in [0.15, 0.2) is 5.03 Å². The van der Waals surface area contributed by atoms with E-state index in [2.05, 4.69) is 22.2 Å². The summed E-state index contributed by atoms with van der Waals surface area (Å²) in [6, 6.07) is 0. The normalized spacial score (nSPS) is 22.0. The molecule has 0 aromatic carbocycles. The summed E-state index contributed by atoms with van der Waals surface area (Å²) in [6.45, 7) is 4.93. The Bertz CT molecular complexity index is 498. The van der Waals surface area contributed by atoms with Crippen LogP contribution < -0.4 is 5.32 Å². The van der Waals surface area contributed by atoms with Crippen LogP contribution in [0.3, 0.4) is 0 Å². The Morgan fingerprint density at radius 2 is 2.29 bits per heavy atom. The van der Waals surface area contributed by atoms with Crippen LogP contribution in [0.5, 0.6) is 0 Å². The third kappa shape index (κ3) is 4.30. The first-order valence-corrected chi connectivity index (χ1v) is 8.39. The van der Waals surface area contributed by atoms with Crippen LogP contribution in [0.1, 0.15) is 46.0 Å². The largest absolute Gasteiger partial charge is 0.364 e. The second-order valence-corrected chi connectivity index (χ2v) is 6.86. The van der Waals surface area contributed by atoms with Gasteiger partial charge in [-0.1, -0.05) is 38.5 Å². The molecule has 0 saturated heterocycles. The summed E-state index contributed by atoms with van der Waals surface area (Å²) in [5, 5.41) is 15.3. The summed E-state index contributed by atoms with van der Waals surface area (Å²) < 4.78 is 0. The number of nitro groups is 1. The Labute approximate surface area is 129 Å². The maximum atomic E-state index is 11.4. The smallest absolute Gasteiger partial charge is 0.343 e. The van der Waals surface area contributed by atoms with Gasteiger partial charge in [-0.05, 0) is 25.2 Å². The van der Waals surface area contributed by atoms with Gasteiger partial charge < -0.3 is 5.32 Å². The number of nitrogens with one attached hydrogen (secondary N) is 1. The topological polar surface area (TPSA) is 81.0 Å². The SMILES string of the molecule is CCCNc1ncnc(SC2CCCC(C)C2)c1[N+](=O)[O-]. The van der Waals surface area contributed by atoms with E-state index < -0.39 is 0 Å². The Morgan fingerprint density at radius 3 is 2.95 bits per heavy atom. The highest BCUT2D eigenvalue weighted by atomic mass is 32.2. The summed E-state index contributed by atoms with van der Waals surface area (Å²) in [5.41, 5.74) is 0.0224. The lowest BCUT2D eigenvalue weighted by molar-refractivity contribution is -0.387. The second-order valence-electron chi connectivity index (χ2n) is 5.57. The van der Waals surface area contributed by atoms with E-state index in [1.54, 1.807) is 0 Å². The standard InChI is InChI=1S/C14H22N4O2S/c1-3-7-15-13-12(18(19)20)14(17-9-16-13)21-11-6-4-5-10(2)8-11/h9-11H,3-8H2,1-2H3,(H,15,16,17). The Balaban J connectivity index is 2.19. The minimum Gasteiger partial charge on any atom is -0.364 e. The van der Waals surface area contributed by atoms with Crippen molar-refractivity contribution >= 4 is 23.3 Å². The van der Waals surface area contributed by atoms with Gasteiger partial charge in [-0.2, -0.15) is 0 Å². The van der Waals surface area contributed by atoms with Crippen LogP contribution in [0, 0.1) is 16.0 Å². The van der Waals surface area contributed by atoms with Crippen LogP contribution in [0.15, 0.2) is 11.4 Å². The van der Waals surface area contributed by atoms with Crippen LogP contribution >= 0.6 is 11.8 Å². The van der Waals surface area contributed by atoms with E-state index >= 15 is 0 Å². The van der Waals surface area contributed by atoms with Gasteiger partial charge in [-0.3, -0.25) is 10.1 Å². The highest BCUT2D eigenvalue weighted by molar-refractivity contribution is 8.00. The predicted molar refractivity (Wildman–Crippen MR) is 84.7 cm³/mol. The first kappa shape index (κ1) is 16.0. The van der Waals surface area contributed by atoms with Gasteiger partial charge in [0.2, 0.25) is 5.82 Å². The molecule has 7 heteroatoms. The van der Waals surface area contributed by atoms with Crippen LogP contribution in [0.25, 0.3) is 0 Å². The Morgan fingerprint density at radius 1 is 1.48 bits per heavy atom. The molecule has 0 radical (unpaired) electrons. The first-order valence-electron chi connectivity index (χ1n) is 7.51. The van der Waals surface area contributed by atoms with E-state index in [0.29, 0.717) is 28.6 Å². The molecule has 1 aromatic rings. The van der Waals surface area contributed by atoms with Crippen molar-refractivity contribution in [1.82, 2.24) is 9.97 Å². The molecule has 1 N–H and O–H groups in total. The highest BCUT2D eigenvalue weighted by Crippen LogP contribution is 2.40. The van der Waals surface area contributed by atoms with E-state index in [1.165, 1.54) is 30.9 Å². The zero-order valence-electron chi connectivity index (χ0n) is 12.5. The molecule has 21 heavy (non-hydrogen) atoms. The average molecular weight is 310 g/mol. The van der Waals surface area contributed by atoms with E-state index in [-0.39, 0.29) is 10.6 Å². The third-order valence-electron chi connectivity index (χ3n) is 3.68. The molecule has 0 bridgehead atoms. The lowest BCUT2D eigenvalue weighted by Crippen LogP contribution is -2.16. The molecule has 1 aromatic heterocycles. The Kier molecular flexibility index (Phi) is 5.78. The van der Waals surface area contributed by atoms with E-state index in [9.17, 15) is 10.1 Å². The van der Waals surface area contributed by atoms with Crippen LogP contribution in [0.2, 0.25) is 0 Å². The van der Waals surface area contributed by atoms with Gasteiger partial charge in [0.1, 0.15) is 6.33 Å². The fraction of sp³-hybridized carbons (Fsp3) is 0.714. The van der Waals surface area contributed by atoms with Crippen molar-refractivity contribution in [2.75, 3.05) is 11.9 Å². The predicted octanol–water partition coefficient (Wildman–Crippen LogP) is 3.88. The summed E-state index contributed by atoms with van der Waals surface area (Å²) in [4.78, 5) is 19.2. The number of hydrogen-bond acceptors (Lipinski definition) is 6. The molecule has 2 rings (SSSR count). The van der Waals surface area contributed by atoms with Crippen LogP contribution in [-0.2, 0) is 0 Å². The van der Waals surface area contributed by atoms with Crippen LogP contribution in [0.4, 0.5) is 11.5 Å². The van der Waals surface area contributed by atoms with E-state index in [1.807, 2.05) is 6.92 Å². The minimum atomic E-state index is -0.368. The number of anilines is 1. The number of rotatable bonds is 6. The maximum Gasteiger partial charge on any atom is 0.343 e. The van der Waals surface area contributed by atoms with Gasteiger partial charge in [0.25, 0.3) is 0 Å². The molecule has 1 fully saturated rings. The summed E-state index contributed by atoms with van der Waals surface area (Å²) >= 11 is 1.54. The second kappa shape index (κ2) is 7.59. The lowest BCUT2D eigenvalue weighted by atomic mass is 9.91. The molecule has 1 aliphatic carbocycles. The maximum absolute atomic E-state index is 11.4. The van der Waals surface area contributed by atoms with Gasteiger partial charge in [-0.15, -0.1) is 0 Å². The average Bonchev–Trinajstić information content (AvgIpc) is 2.45. The van der Waals surface area contributed by atoms with Crippen molar-refractivity contribution in [2.24, 2.45) is 5.92 Å². The quantitative estimate of drug-likeness (QED) is 0.488. The molecule has 0 amide bonds. The van der Waals surface area contributed by atoms with Crippen molar-refractivity contribution in [3.05, 3.63) is 16.4 Å². The molecular weight excluding hydrogens is 288 g/mol. The molecular formula is C14H22N4O2S. The first-order chi connectivity index (χ1) is 10.1. The molecule has 6 nitrogen and oxygen atoms in total. The molecule has 1 heterocycles. The highest BCUT2D eigenvalue weighted by Gasteiger charge is 2.27. The molecule has 116 valence electrons. The van der Waals surface area contributed by atoms with Crippen molar-refractivity contribution < 1.29 is 4.92 Å². The van der Waals surface area contributed by atoms with E-state index in [4.69, 9.17) is 0 Å². The number of thioether (sulfide) groups is 1. The van der Waals surface area contributed by atoms with Crippen molar-refractivity contribution in [1.29, 1.82) is 0 Å².